The summed E-state index contributed by atoms with van der Waals surface area (Å²) >= 11 is 13.8. The van der Waals surface area contributed by atoms with Gasteiger partial charge in [0.25, 0.3) is 0 Å². The lowest BCUT2D eigenvalue weighted by atomic mass is 10.2. The summed E-state index contributed by atoms with van der Waals surface area (Å²) in [6.45, 7) is 1.99. The van der Waals surface area contributed by atoms with E-state index in [0.717, 1.165) is 22.7 Å². The van der Waals surface area contributed by atoms with E-state index in [4.69, 9.17) is 23.2 Å². The fourth-order valence-electron chi connectivity index (χ4n) is 1.97. The van der Waals surface area contributed by atoms with E-state index >= 15 is 0 Å². The van der Waals surface area contributed by atoms with Crippen molar-refractivity contribution in [2.75, 3.05) is 5.75 Å². The number of aromatic nitrogens is 2. The zero-order chi connectivity index (χ0) is 15.4. The SMILES string of the molecule is CCc1nn(C)c(CC(=O)CSc2ccccc2Cl)c1Cl. The Balaban J connectivity index is 2.00. The Labute approximate surface area is 138 Å². The number of carbonyl (C=O) groups is 1. The van der Waals surface area contributed by atoms with E-state index in [0.29, 0.717) is 22.2 Å². The first-order valence-electron chi connectivity index (χ1n) is 6.62. The van der Waals surface area contributed by atoms with Crippen molar-refractivity contribution in [3.8, 4) is 0 Å². The molecule has 0 aliphatic rings. The highest BCUT2D eigenvalue weighted by Gasteiger charge is 2.16. The molecule has 21 heavy (non-hydrogen) atoms. The molecule has 0 amide bonds. The summed E-state index contributed by atoms with van der Waals surface area (Å²) < 4.78 is 1.69. The van der Waals surface area contributed by atoms with Gasteiger partial charge < -0.3 is 0 Å². The van der Waals surface area contributed by atoms with Crippen LogP contribution in [0.4, 0.5) is 0 Å². The molecule has 0 radical (unpaired) electrons. The Hall–Kier alpha value is -0.970. The van der Waals surface area contributed by atoms with E-state index in [1.54, 1.807) is 4.68 Å². The van der Waals surface area contributed by atoms with Crippen LogP contribution in [0.1, 0.15) is 18.3 Å². The van der Waals surface area contributed by atoms with Gasteiger partial charge in [-0.3, -0.25) is 9.48 Å². The van der Waals surface area contributed by atoms with Crippen LogP contribution in [0.2, 0.25) is 10.0 Å². The predicted octanol–water partition coefficient (Wildman–Crippen LogP) is 4.19. The van der Waals surface area contributed by atoms with E-state index < -0.39 is 0 Å². The Bertz CT molecular complexity index is 655. The van der Waals surface area contributed by atoms with E-state index in [9.17, 15) is 4.79 Å². The molecule has 1 heterocycles. The number of aryl methyl sites for hydroxylation is 2. The molecule has 0 unspecified atom stereocenters. The molecule has 0 saturated heterocycles. The van der Waals surface area contributed by atoms with Crippen molar-refractivity contribution in [2.24, 2.45) is 7.05 Å². The van der Waals surface area contributed by atoms with E-state index in [2.05, 4.69) is 5.10 Å². The summed E-state index contributed by atoms with van der Waals surface area (Å²) in [6.07, 6.45) is 1.05. The maximum atomic E-state index is 12.1. The molecular formula is C15H16Cl2N2OS. The van der Waals surface area contributed by atoms with Crippen molar-refractivity contribution >= 4 is 40.7 Å². The van der Waals surface area contributed by atoms with Crippen LogP contribution in [0.5, 0.6) is 0 Å². The third-order valence-corrected chi connectivity index (χ3v) is 5.10. The highest BCUT2D eigenvalue weighted by atomic mass is 35.5. The van der Waals surface area contributed by atoms with Crippen LogP contribution in [0.25, 0.3) is 0 Å². The number of rotatable bonds is 6. The molecule has 2 aromatic rings. The first-order chi connectivity index (χ1) is 10.0. The summed E-state index contributed by atoms with van der Waals surface area (Å²) in [5, 5.41) is 5.59. The van der Waals surface area contributed by atoms with Crippen molar-refractivity contribution in [3.63, 3.8) is 0 Å². The van der Waals surface area contributed by atoms with Crippen LogP contribution in [-0.4, -0.2) is 21.3 Å². The molecule has 1 aromatic heterocycles. The van der Waals surface area contributed by atoms with Crippen LogP contribution in [0.15, 0.2) is 29.2 Å². The molecule has 112 valence electrons. The monoisotopic (exact) mass is 342 g/mol. The molecule has 2 rings (SSSR count). The minimum atomic E-state index is 0.104. The van der Waals surface area contributed by atoms with Crippen molar-refractivity contribution < 1.29 is 4.79 Å². The minimum Gasteiger partial charge on any atom is -0.298 e. The van der Waals surface area contributed by atoms with Gasteiger partial charge in [-0.25, -0.2) is 0 Å². The first-order valence-corrected chi connectivity index (χ1v) is 8.36. The largest absolute Gasteiger partial charge is 0.298 e. The molecular weight excluding hydrogens is 327 g/mol. The van der Waals surface area contributed by atoms with Gasteiger partial charge in [-0.1, -0.05) is 42.3 Å². The lowest BCUT2D eigenvalue weighted by molar-refractivity contribution is -0.116. The summed E-state index contributed by atoms with van der Waals surface area (Å²) in [5.41, 5.74) is 1.61. The van der Waals surface area contributed by atoms with Crippen molar-refractivity contribution in [3.05, 3.63) is 45.7 Å². The van der Waals surface area contributed by atoms with Gasteiger partial charge in [0.2, 0.25) is 0 Å². The maximum absolute atomic E-state index is 12.1. The average molecular weight is 343 g/mol. The molecule has 3 nitrogen and oxygen atoms in total. The van der Waals surface area contributed by atoms with Crippen LogP contribution < -0.4 is 0 Å². The third kappa shape index (κ3) is 4.02. The first kappa shape index (κ1) is 16.4. The summed E-state index contributed by atoms with van der Waals surface area (Å²) in [5.74, 6) is 0.472. The Morgan fingerprint density at radius 3 is 2.67 bits per heavy atom. The van der Waals surface area contributed by atoms with E-state index in [1.165, 1.54) is 11.8 Å². The predicted molar refractivity (Wildman–Crippen MR) is 88.5 cm³/mol. The van der Waals surface area contributed by atoms with Crippen LogP contribution in [-0.2, 0) is 24.7 Å². The molecule has 0 bridgehead atoms. The number of thioether (sulfide) groups is 1. The second kappa shape index (κ2) is 7.34. The maximum Gasteiger partial charge on any atom is 0.149 e. The molecule has 0 aliphatic heterocycles. The molecule has 0 N–H and O–H groups in total. The number of hydrogen-bond donors (Lipinski definition) is 0. The molecule has 1 aromatic carbocycles. The smallest absolute Gasteiger partial charge is 0.149 e. The Kier molecular flexibility index (Phi) is 5.73. The van der Waals surface area contributed by atoms with Gasteiger partial charge in [-0.05, 0) is 18.6 Å². The highest BCUT2D eigenvalue weighted by molar-refractivity contribution is 8.00. The zero-order valence-corrected chi connectivity index (χ0v) is 14.2. The minimum absolute atomic E-state index is 0.104. The number of hydrogen-bond acceptors (Lipinski definition) is 3. The van der Waals surface area contributed by atoms with Crippen LogP contribution in [0.3, 0.4) is 0 Å². The fourth-order valence-corrected chi connectivity index (χ4v) is 3.43. The zero-order valence-electron chi connectivity index (χ0n) is 11.9. The van der Waals surface area contributed by atoms with Gasteiger partial charge in [0.1, 0.15) is 5.78 Å². The van der Waals surface area contributed by atoms with Crippen LogP contribution >= 0.6 is 35.0 Å². The standard InChI is InChI=1S/C15H16Cl2N2OS/c1-3-12-15(17)13(19(2)18-12)8-10(20)9-21-14-7-5-4-6-11(14)16/h4-7H,3,8-9H2,1-2H3. The quantitative estimate of drug-likeness (QED) is 0.738. The Morgan fingerprint density at radius 1 is 1.33 bits per heavy atom. The number of benzene rings is 1. The van der Waals surface area contributed by atoms with Gasteiger partial charge in [0.15, 0.2) is 0 Å². The molecule has 0 spiro atoms. The third-order valence-electron chi connectivity index (χ3n) is 3.09. The molecule has 0 atom stereocenters. The highest BCUT2D eigenvalue weighted by Crippen LogP contribution is 2.27. The number of halogens is 2. The normalized spacial score (nSPS) is 10.9. The lowest BCUT2D eigenvalue weighted by Gasteiger charge is -2.04. The van der Waals surface area contributed by atoms with Gasteiger partial charge in [-0.2, -0.15) is 5.10 Å². The Morgan fingerprint density at radius 2 is 2.05 bits per heavy atom. The van der Waals surface area contributed by atoms with Crippen molar-refractivity contribution in [2.45, 2.75) is 24.7 Å². The average Bonchev–Trinajstić information content (AvgIpc) is 2.74. The van der Waals surface area contributed by atoms with E-state index in [-0.39, 0.29) is 5.78 Å². The molecule has 6 heteroatoms. The second-order valence-corrected chi connectivity index (χ2v) is 6.42. The molecule has 0 fully saturated rings. The summed E-state index contributed by atoms with van der Waals surface area (Å²) in [4.78, 5) is 13.1. The van der Waals surface area contributed by atoms with E-state index in [1.807, 2.05) is 38.2 Å². The summed E-state index contributed by atoms with van der Waals surface area (Å²) in [6, 6.07) is 7.51. The van der Waals surface area contributed by atoms with Crippen molar-refractivity contribution in [1.29, 1.82) is 0 Å². The number of Topliss-reactive ketones (excluding diaryl/α,β-unsaturated/α-hetero) is 1. The van der Waals surface area contributed by atoms with Crippen molar-refractivity contribution in [1.82, 2.24) is 9.78 Å². The second-order valence-electron chi connectivity index (χ2n) is 4.62. The number of nitrogens with zero attached hydrogens (tertiary/aromatic N) is 2. The lowest BCUT2D eigenvalue weighted by Crippen LogP contribution is -2.10. The molecule has 0 aliphatic carbocycles. The van der Waals surface area contributed by atoms with Crippen LogP contribution in [0, 0.1) is 0 Å². The molecule has 0 saturated carbocycles. The van der Waals surface area contributed by atoms with Gasteiger partial charge in [0.05, 0.1) is 33.6 Å². The van der Waals surface area contributed by atoms with Gasteiger partial charge >= 0.3 is 0 Å². The number of carbonyl (C=O) groups excluding carboxylic acids is 1. The van der Waals surface area contributed by atoms with Gasteiger partial charge in [0, 0.05) is 11.9 Å². The van der Waals surface area contributed by atoms with Gasteiger partial charge in [-0.15, -0.1) is 11.8 Å². The summed E-state index contributed by atoms with van der Waals surface area (Å²) in [7, 11) is 1.81. The fraction of sp³-hybridized carbons (Fsp3) is 0.333. The number of ketones is 1. The topological polar surface area (TPSA) is 34.9 Å².